The summed E-state index contributed by atoms with van der Waals surface area (Å²) in [7, 11) is 0. The highest BCUT2D eigenvalue weighted by Crippen LogP contribution is 2.28. The van der Waals surface area contributed by atoms with Crippen molar-refractivity contribution in [1.82, 2.24) is 4.57 Å². The van der Waals surface area contributed by atoms with Gasteiger partial charge in [0.2, 0.25) is 0 Å². The maximum absolute atomic E-state index is 10.5. The van der Waals surface area contributed by atoms with Gasteiger partial charge in [-0.25, -0.2) is 0 Å². The molecular weight excluding hydrogens is 230 g/mol. The van der Waals surface area contributed by atoms with E-state index in [4.69, 9.17) is 16.7 Å². The fourth-order valence-electron chi connectivity index (χ4n) is 1.64. The summed E-state index contributed by atoms with van der Waals surface area (Å²) in [5, 5.41) is 19.3. The molecule has 2 N–H and O–H groups in total. The molecule has 0 saturated carbocycles. The number of aromatic nitrogens is 1. The number of aliphatic carboxylic acids is 1. The lowest BCUT2D eigenvalue weighted by Gasteiger charge is -2.02. The van der Waals surface area contributed by atoms with Crippen LogP contribution in [0.15, 0.2) is 24.4 Å². The summed E-state index contributed by atoms with van der Waals surface area (Å²) in [6, 6.07) is 4.84. The highest BCUT2D eigenvalue weighted by atomic mass is 35.5. The van der Waals surface area contributed by atoms with Crippen LogP contribution in [0.2, 0.25) is 5.02 Å². The first-order valence-electron chi connectivity index (χ1n) is 4.77. The quantitative estimate of drug-likeness (QED) is 0.865. The molecular formula is C11H10ClNO3. The Morgan fingerprint density at radius 1 is 1.44 bits per heavy atom. The van der Waals surface area contributed by atoms with Crippen LogP contribution in [0.1, 0.15) is 6.42 Å². The summed E-state index contributed by atoms with van der Waals surface area (Å²) < 4.78 is 1.73. The Bertz CT molecular complexity index is 547. The second kappa shape index (κ2) is 4.06. The van der Waals surface area contributed by atoms with E-state index in [1.54, 1.807) is 29.0 Å². The molecule has 0 amide bonds. The number of carbonyl (C=O) groups is 1. The van der Waals surface area contributed by atoms with E-state index in [1.165, 1.54) is 0 Å². The molecule has 0 fully saturated rings. The largest absolute Gasteiger partial charge is 0.508 e. The van der Waals surface area contributed by atoms with E-state index in [0.717, 1.165) is 10.9 Å². The van der Waals surface area contributed by atoms with Crippen LogP contribution < -0.4 is 0 Å². The molecule has 0 spiro atoms. The van der Waals surface area contributed by atoms with E-state index in [1.807, 2.05) is 0 Å². The Balaban J connectivity index is 2.44. The van der Waals surface area contributed by atoms with Gasteiger partial charge in [-0.2, -0.15) is 0 Å². The molecule has 16 heavy (non-hydrogen) atoms. The molecule has 0 bridgehead atoms. The number of aromatic hydroxyl groups is 1. The molecule has 4 nitrogen and oxygen atoms in total. The average molecular weight is 240 g/mol. The second-order valence-corrected chi connectivity index (χ2v) is 3.92. The summed E-state index contributed by atoms with van der Waals surface area (Å²) in [6.07, 6.45) is 1.70. The first kappa shape index (κ1) is 10.8. The number of phenols is 1. The van der Waals surface area contributed by atoms with E-state index < -0.39 is 5.97 Å². The smallest absolute Gasteiger partial charge is 0.305 e. The number of halogens is 1. The summed E-state index contributed by atoms with van der Waals surface area (Å²) in [5.74, 6) is -0.725. The molecule has 0 atom stereocenters. The van der Waals surface area contributed by atoms with Gasteiger partial charge in [-0.05, 0) is 12.1 Å². The van der Waals surface area contributed by atoms with Crippen molar-refractivity contribution in [3.63, 3.8) is 0 Å². The Morgan fingerprint density at radius 3 is 2.88 bits per heavy atom. The maximum Gasteiger partial charge on any atom is 0.305 e. The number of hydrogen-bond donors (Lipinski definition) is 2. The molecule has 2 aromatic rings. The van der Waals surface area contributed by atoms with Crippen LogP contribution >= 0.6 is 11.6 Å². The number of fused-ring (bicyclic) bond motifs is 1. The van der Waals surface area contributed by atoms with Crippen molar-refractivity contribution in [3.05, 3.63) is 29.4 Å². The van der Waals surface area contributed by atoms with E-state index in [-0.39, 0.29) is 12.2 Å². The molecule has 0 aliphatic rings. The standard InChI is InChI=1S/C11H10ClNO3/c12-9-6-13(4-3-11(15)16)10-5-7(14)1-2-8(9)10/h1-2,5-6,14H,3-4H2,(H,15,16). The highest BCUT2D eigenvalue weighted by molar-refractivity contribution is 6.35. The van der Waals surface area contributed by atoms with Crippen LogP contribution in [0.4, 0.5) is 0 Å². The number of phenolic OH excluding ortho intramolecular Hbond substituents is 1. The molecule has 1 aromatic carbocycles. The van der Waals surface area contributed by atoms with Gasteiger partial charge in [-0.3, -0.25) is 4.79 Å². The number of benzene rings is 1. The second-order valence-electron chi connectivity index (χ2n) is 3.52. The Hall–Kier alpha value is -1.68. The zero-order chi connectivity index (χ0) is 11.7. The van der Waals surface area contributed by atoms with Gasteiger partial charge in [-0.15, -0.1) is 0 Å². The lowest BCUT2D eigenvalue weighted by Crippen LogP contribution is -2.03. The van der Waals surface area contributed by atoms with Crippen molar-refractivity contribution >= 4 is 28.5 Å². The molecule has 0 saturated heterocycles. The fourth-order valence-corrected chi connectivity index (χ4v) is 1.91. The number of aryl methyl sites for hydroxylation is 1. The van der Waals surface area contributed by atoms with Crippen LogP contribution in [0.3, 0.4) is 0 Å². The molecule has 1 aromatic heterocycles. The van der Waals surface area contributed by atoms with Gasteiger partial charge in [0.05, 0.1) is 17.0 Å². The van der Waals surface area contributed by atoms with Gasteiger partial charge < -0.3 is 14.8 Å². The monoisotopic (exact) mass is 239 g/mol. The van der Waals surface area contributed by atoms with E-state index in [0.29, 0.717) is 11.6 Å². The predicted octanol–water partition coefficient (Wildman–Crippen LogP) is 2.48. The Labute approximate surface area is 96.7 Å². The third kappa shape index (κ3) is 1.97. The number of carboxylic acid groups (broad SMARTS) is 1. The number of hydrogen-bond acceptors (Lipinski definition) is 2. The van der Waals surface area contributed by atoms with Crippen molar-refractivity contribution in [2.45, 2.75) is 13.0 Å². The molecule has 84 valence electrons. The maximum atomic E-state index is 10.5. The molecule has 0 radical (unpaired) electrons. The zero-order valence-corrected chi connectivity index (χ0v) is 9.11. The molecule has 0 unspecified atom stereocenters. The van der Waals surface area contributed by atoms with Crippen molar-refractivity contribution in [1.29, 1.82) is 0 Å². The van der Waals surface area contributed by atoms with Gasteiger partial charge in [-0.1, -0.05) is 11.6 Å². The summed E-state index contributed by atoms with van der Waals surface area (Å²) in [6.45, 7) is 0.335. The predicted molar refractivity (Wildman–Crippen MR) is 60.9 cm³/mol. The molecule has 0 aliphatic carbocycles. The van der Waals surface area contributed by atoms with Crippen molar-refractivity contribution in [3.8, 4) is 5.75 Å². The topological polar surface area (TPSA) is 62.5 Å². The van der Waals surface area contributed by atoms with Gasteiger partial charge in [0, 0.05) is 24.2 Å². The van der Waals surface area contributed by atoms with Crippen molar-refractivity contribution in [2.75, 3.05) is 0 Å². The van der Waals surface area contributed by atoms with Gasteiger partial charge in [0.15, 0.2) is 0 Å². The summed E-state index contributed by atoms with van der Waals surface area (Å²) in [5.41, 5.74) is 0.742. The lowest BCUT2D eigenvalue weighted by molar-refractivity contribution is -0.137. The molecule has 2 rings (SSSR count). The minimum absolute atomic E-state index is 0.0236. The van der Waals surface area contributed by atoms with E-state index >= 15 is 0 Å². The van der Waals surface area contributed by atoms with Gasteiger partial charge in [0.1, 0.15) is 5.75 Å². The Kier molecular flexibility index (Phi) is 2.75. The van der Waals surface area contributed by atoms with Gasteiger partial charge in [0.25, 0.3) is 0 Å². The summed E-state index contributed by atoms with van der Waals surface area (Å²) in [4.78, 5) is 10.5. The third-order valence-electron chi connectivity index (χ3n) is 2.38. The summed E-state index contributed by atoms with van der Waals surface area (Å²) >= 11 is 6.00. The third-order valence-corrected chi connectivity index (χ3v) is 2.68. The lowest BCUT2D eigenvalue weighted by atomic mass is 10.2. The number of nitrogens with zero attached hydrogens (tertiary/aromatic N) is 1. The average Bonchev–Trinajstić information content (AvgIpc) is 2.52. The van der Waals surface area contributed by atoms with E-state index in [2.05, 4.69) is 0 Å². The molecule has 5 heteroatoms. The minimum atomic E-state index is -0.863. The van der Waals surface area contributed by atoms with Gasteiger partial charge >= 0.3 is 5.97 Å². The normalized spacial score (nSPS) is 10.8. The van der Waals surface area contributed by atoms with Crippen LogP contribution in [0, 0.1) is 0 Å². The Morgan fingerprint density at radius 2 is 2.19 bits per heavy atom. The fraction of sp³-hybridized carbons (Fsp3) is 0.182. The number of carboxylic acids is 1. The van der Waals surface area contributed by atoms with Crippen LogP contribution in [-0.4, -0.2) is 20.7 Å². The zero-order valence-electron chi connectivity index (χ0n) is 8.35. The molecule has 1 heterocycles. The van der Waals surface area contributed by atoms with Crippen LogP contribution in [0.5, 0.6) is 5.75 Å². The number of rotatable bonds is 3. The first-order chi connectivity index (χ1) is 7.58. The minimum Gasteiger partial charge on any atom is -0.508 e. The SMILES string of the molecule is O=C(O)CCn1cc(Cl)c2ccc(O)cc21. The molecule has 0 aliphatic heterocycles. The van der Waals surface area contributed by atoms with E-state index in [9.17, 15) is 9.90 Å². The van der Waals surface area contributed by atoms with Crippen molar-refractivity contribution in [2.24, 2.45) is 0 Å². The van der Waals surface area contributed by atoms with Crippen LogP contribution in [0.25, 0.3) is 10.9 Å². The van der Waals surface area contributed by atoms with Crippen molar-refractivity contribution < 1.29 is 15.0 Å². The van der Waals surface area contributed by atoms with Crippen LogP contribution in [-0.2, 0) is 11.3 Å². The highest BCUT2D eigenvalue weighted by Gasteiger charge is 2.08. The first-order valence-corrected chi connectivity index (χ1v) is 5.15.